The normalized spacial score (nSPS) is 13.0. The van der Waals surface area contributed by atoms with Gasteiger partial charge in [0.15, 0.2) is 5.69 Å². The van der Waals surface area contributed by atoms with Crippen LogP contribution in [0.5, 0.6) is 0 Å². The molecule has 0 bridgehead atoms. The summed E-state index contributed by atoms with van der Waals surface area (Å²) in [5, 5.41) is 9.04. The van der Waals surface area contributed by atoms with E-state index in [4.69, 9.17) is 4.42 Å². The zero-order chi connectivity index (χ0) is 26.1. The molecule has 36 heavy (non-hydrogen) atoms. The van der Waals surface area contributed by atoms with E-state index in [1.807, 2.05) is 0 Å². The van der Waals surface area contributed by atoms with Crippen molar-refractivity contribution in [3.05, 3.63) is 71.9 Å². The van der Waals surface area contributed by atoms with E-state index in [0.29, 0.717) is 11.3 Å². The van der Waals surface area contributed by atoms with Gasteiger partial charge in [0, 0.05) is 23.2 Å². The Labute approximate surface area is 201 Å². The highest BCUT2D eigenvalue weighted by Gasteiger charge is 2.33. The number of rotatable bonds is 7. The fourth-order valence-corrected chi connectivity index (χ4v) is 4.34. The molecule has 1 atom stereocenters. The molecule has 0 aliphatic heterocycles. The average Bonchev–Trinajstić information content (AvgIpc) is 3.26. The maximum atomic E-state index is 13.4. The highest BCUT2D eigenvalue weighted by atomic mass is 32.2. The third-order valence-electron chi connectivity index (χ3n) is 4.96. The number of sulfonamides is 1. The number of fused-ring (bicyclic) bond motifs is 1. The molecule has 4 rings (SSSR count). The first kappa shape index (κ1) is 25.2. The van der Waals surface area contributed by atoms with Crippen LogP contribution in [0.1, 0.15) is 18.3 Å². The van der Waals surface area contributed by atoms with Gasteiger partial charge in [-0.2, -0.15) is 17.9 Å². The molecule has 0 aliphatic rings. The van der Waals surface area contributed by atoms with E-state index in [2.05, 4.69) is 25.2 Å². The van der Waals surface area contributed by atoms with Crippen molar-refractivity contribution < 1.29 is 35.2 Å². The number of nitrogens with zero attached hydrogens (tertiary/aromatic N) is 3. The summed E-state index contributed by atoms with van der Waals surface area (Å²) in [6, 6.07) is 8.45. The van der Waals surface area contributed by atoms with Crippen LogP contribution in [0.3, 0.4) is 0 Å². The van der Waals surface area contributed by atoms with E-state index < -0.39 is 44.8 Å². The number of nitrogens with one attached hydrogen (secondary N) is 2. The van der Waals surface area contributed by atoms with Gasteiger partial charge in [-0.3, -0.25) is 9.78 Å². The van der Waals surface area contributed by atoms with Crippen molar-refractivity contribution in [1.29, 1.82) is 0 Å². The maximum absolute atomic E-state index is 13.4. The molecule has 0 saturated carbocycles. The molecule has 3 heterocycles. The van der Waals surface area contributed by atoms with Crippen LogP contribution in [0, 0.1) is 5.82 Å². The highest BCUT2D eigenvalue weighted by molar-refractivity contribution is 7.89. The Morgan fingerprint density at radius 1 is 1.08 bits per heavy atom. The number of hydrogen-bond donors (Lipinski definition) is 2. The van der Waals surface area contributed by atoms with E-state index >= 15 is 0 Å². The van der Waals surface area contributed by atoms with Gasteiger partial charge < -0.3 is 9.73 Å². The van der Waals surface area contributed by atoms with Crippen molar-refractivity contribution in [2.75, 3.05) is 0 Å². The van der Waals surface area contributed by atoms with Gasteiger partial charge in [0.1, 0.15) is 11.4 Å². The van der Waals surface area contributed by atoms with E-state index in [-0.39, 0.29) is 23.2 Å². The molecule has 14 heteroatoms. The van der Waals surface area contributed by atoms with Crippen molar-refractivity contribution in [1.82, 2.24) is 25.2 Å². The van der Waals surface area contributed by atoms with Gasteiger partial charge >= 0.3 is 6.18 Å². The SMILES string of the molecule is C[C@H](NS(=O)(=O)c1cc2cc(F)ccc2o1)C(=O)NCc1cc(-c2ccc(C(F)(F)F)nn2)ccn1. The molecule has 4 aromatic rings. The van der Waals surface area contributed by atoms with Gasteiger partial charge in [-0.1, -0.05) is 0 Å². The number of aromatic nitrogens is 3. The minimum atomic E-state index is -4.61. The number of carbonyl (C=O) groups excluding carboxylic acids is 1. The Bertz CT molecular complexity index is 1520. The van der Waals surface area contributed by atoms with Gasteiger partial charge in [-0.05, 0) is 49.4 Å². The zero-order valence-corrected chi connectivity index (χ0v) is 19.2. The molecule has 0 radical (unpaired) electrons. The van der Waals surface area contributed by atoms with E-state index in [1.54, 1.807) is 0 Å². The predicted molar refractivity (Wildman–Crippen MR) is 118 cm³/mol. The van der Waals surface area contributed by atoms with E-state index in [1.165, 1.54) is 31.3 Å². The second-order valence-electron chi connectivity index (χ2n) is 7.65. The van der Waals surface area contributed by atoms with Crippen molar-refractivity contribution >= 4 is 26.9 Å². The lowest BCUT2D eigenvalue weighted by Crippen LogP contribution is -2.44. The smallest absolute Gasteiger partial charge is 0.435 e. The summed E-state index contributed by atoms with van der Waals surface area (Å²) in [6.07, 6.45) is -3.23. The quantitative estimate of drug-likeness (QED) is 0.356. The standard InChI is InChI=1S/C22H17F4N5O4S/c1-12(31-36(33,34)20-10-14-8-15(23)2-4-18(14)35-20)21(32)28-11-16-9-13(6-7-27-16)17-3-5-19(30-29-17)22(24,25)26/h2-10,12,31H,11H2,1H3,(H,28,32)/t12-/m0/s1. The van der Waals surface area contributed by atoms with Crippen molar-refractivity contribution in [2.24, 2.45) is 0 Å². The Kier molecular flexibility index (Phi) is 6.73. The molecular weight excluding hydrogens is 506 g/mol. The van der Waals surface area contributed by atoms with Gasteiger partial charge in [-0.15, -0.1) is 10.2 Å². The first-order valence-corrected chi connectivity index (χ1v) is 11.8. The maximum Gasteiger partial charge on any atom is 0.435 e. The second kappa shape index (κ2) is 9.62. The topological polar surface area (TPSA) is 127 Å². The Morgan fingerprint density at radius 2 is 1.86 bits per heavy atom. The van der Waals surface area contributed by atoms with Crippen molar-refractivity contribution in [2.45, 2.75) is 30.8 Å². The summed E-state index contributed by atoms with van der Waals surface area (Å²) in [6.45, 7) is 1.22. The fourth-order valence-electron chi connectivity index (χ4n) is 3.17. The van der Waals surface area contributed by atoms with Crippen molar-refractivity contribution in [3.63, 3.8) is 0 Å². The Hall–Kier alpha value is -3.91. The summed E-state index contributed by atoms with van der Waals surface area (Å²) in [7, 11) is -4.23. The summed E-state index contributed by atoms with van der Waals surface area (Å²) in [4.78, 5) is 16.5. The Balaban J connectivity index is 1.39. The van der Waals surface area contributed by atoms with Crippen LogP contribution in [0.15, 0.2) is 64.2 Å². The molecule has 9 nitrogen and oxygen atoms in total. The lowest BCUT2D eigenvalue weighted by atomic mass is 10.1. The molecule has 0 unspecified atom stereocenters. The van der Waals surface area contributed by atoms with Crippen LogP contribution in [-0.2, 0) is 27.5 Å². The number of halogens is 4. The van der Waals surface area contributed by atoms with Gasteiger partial charge in [0.05, 0.1) is 24.0 Å². The summed E-state index contributed by atoms with van der Waals surface area (Å²) in [5.74, 6) is -1.24. The molecule has 0 saturated heterocycles. The molecule has 2 N–H and O–H groups in total. The highest BCUT2D eigenvalue weighted by Crippen LogP contribution is 2.28. The lowest BCUT2D eigenvalue weighted by Gasteiger charge is -2.13. The number of amides is 1. The second-order valence-corrected chi connectivity index (χ2v) is 9.29. The molecule has 3 aromatic heterocycles. The minimum Gasteiger partial charge on any atom is -0.443 e. The van der Waals surface area contributed by atoms with Crippen LogP contribution in [0.2, 0.25) is 0 Å². The van der Waals surface area contributed by atoms with Gasteiger partial charge in [-0.25, -0.2) is 12.8 Å². The zero-order valence-electron chi connectivity index (χ0n) is 18.4. The third-order valence-corrected chi connectivity index (χ3v) is 6.35. The predicted octanol–water partition coefficient (Wildman–Crippen LogP) is 3.43. The molecule has 1 aromatic carbocycles. The van der Waals surface area contributed by atoms with Crippen LogP contribution in [0.25, 0.3) is 22.2 Å². The first-order chi connectivity index (χ1) is 16.9. The molecule has 0 spiro atoms. The molecule has 0 aliphatic carbocycles. The molecule has 1 amide bonds. The van der Waals surface area contributed by atoms with Gasteiger partial charge in [0.25, 0.3) is 10.0 Å². The molecule has 188 valence electrons. The van der Waals surface area contributed by atoms with E-state index in [9.17, 15) is 30.8 Å². The van der Waals surface area contributed by atoms with Crippen LogP contribution in [0.4, 0.5) is 17.6 Å². The van der Waals surface area contributed by atoms with Crippen LogP contribution >= 0.6 is 0 Å². The molecule has 0 fully saturated rings. The number of pyridine rings is 1. The summed E-state index contributed by atoms with van der Waals surface area (Å²) in [5.41, 5.74) is -0.0242. The number of carbonyl (C=O) groups is 1. The number of alkyl halides is 3. The Morgan fingerprint density at radius 3 is 2.56 bits per heavy atom. The lowest BCUT2D eigenvalue weighted by molar-refractivity contribution is -0.141. The minimum absolute atomic E-state index is 0.100. The number of benzene rings is 1. The van der Waals surface area contributed by atoms with Gasteiger partial charge in [0.2, 0.25) is 11.0 Å². The largest absolute Gasteiger partial charge is 0.443 e. The first-order valence-electron chi connectivity index (χ1n) is 10.3. The number of furan rings is 1. The van der Waals surface area contributed by atoms with Crippen molar-refractivity contribution in [3.8, 4) is 11.3 Å². The number of hydrogen-bond acceptors (Lipinski definition) is 7. The van der Waals surface area contributed by atoms with Crippen LogP contribution < -0.4 is 10.0 Å². The fraction of sp³-hybridized carbons (Fsp3) is 0.182. The summed E-state index contributed by atoms with van der Waals surface area (Å²) < 4.78 is 84.0. The monoisotopic (exact) mass is 523 g/mol. The van der Waals surface area contributed by atoms with Crippen LogP contribution in [-0.4, -0.2) is 35.5 Å². The summed E-state index contributed by atoms with van der Waals surface area (Å²) >= 11 is 0. The van der Waals surface area contributed by atoms with E-state index in [0.717, 1.165) is 30.3 Å². The third kappa shape index (κ3) is 5.66. The molecular formula is C22H17F4N5O4S. The average molecular weight is 523 g/mol.